The summed E-state index contributed by atoms with van der Waals surface area (Å²) < 4.78 is 55.1. The van der Waals surface area contributed by atoms with Gasteiger partial charge in [-0.2, -0.15) is 0 Å². The fraction of sp³-hybridized carbons (Fsp3) is 0.577. The van der Waals surface area contributed by atoms with Crippen LogP contribution < -0.4 is 5.32 Å². The Morgan fingerprint density at radius 2 is 1.69 bits per heavy atom. The van der Waals surface area contributed by atoms with E-state index in [0.29, 0.717) is 11.3 Å². The first-order chi connectivity index (χ1) is 16.0. The van der Waals surface area contributed by atoms with Crippen LogP contribution in [0.3, 0.4) is 0 Å². The Hall–Kier alpha value is -2.26. The number of nitrogens with one attached hydrogen (secondary N) is 1. The molecule has 1 heterocycles. The van der Waals surface area contributed by atoms with Gasteiger partial charge >= 0.3 is 0 Å². The molecule has 6 nitrogen and oxygen atoms in total. The average molecular weight is 510 g/mol. The third-order valence-corrected chi connectivity index (χ3v) is 8.35. The van der Waals surface area contributed by atoms with Gasteiger partial charge in [-0.25, -0.2) is 21.5 Å². The van der Waals surface area contributed by atoms with Gasteiger partial charge in [-0.05, 0) is 50.8 Å². The smallest absolute Gasteiger partial charge is 0.270 e. The maximum absolute atomic E-state index is 13.7. The molecule has 2 aromatic rings. The van der Waals surface area contributed by atoms with E-state index in [1.165, 1.54) is 28.8 Å². The molecule has 1 aromatic carbocycles. The van der Waals surface area contributed by atoms with Crippen molar-refractivity contribution < 1.29 is 22.0 Å². The summed E-state index contributed by atoms with van der Waals surface area (Å²) in [5.41, 5.74) is 2.30. The summed E-state index contributed by atoms with van der Waals surface area (Å²) in [6.07, 6.45) is 4.33. The van der Waals surface area contributed by atoms with E-state index in [1.54, 1.807) is 13.1 Å². The number of benzene rings is 1. The number of sulfonamides is 1. The molecule has 3 rings (SSSR count). The molecule has 0 aliphatic heterocycles. The molecule has 0 bridgehead atoms. The number of nitrogens with zero attached hydrogens (tertiary/aromatic N) is 2. The Kier molecular flexibility index (Phi) is 7.54. The number of hydrogen-bond acceptors (Lipinski definition) is 3. The molecule has 0 saturated heterocycles. The van der Waals surface area contributed by atoms with Crippen LogP contribution in [0.5, 0.6) is 0 Å². The molecular formula is C26H37F2N3O3S. The van der Waals surface area contributed by atoms with Crippen LogP contribution in [-0.2, 0) is 21.4 Å². The van der Waals surface area contributed by atoms with Crippen molar-refractivity contribution in [2.75, 3.05) is 18.6 Å². The van der Waals surface area contributed by atoms with E-state index in [0.717, 1.165) is 44.0 Å². The van der Waals surface area contributed by atoms with Gasteiger partial charge in [0.05, 0.1) is 11.8 Å². The highest BCUT2D eigenvalue weighted by Gasteiger charge is 2.33. The number of anilines is 1. The van der Waals surface area contributed by atoms with E-state index in [-0.39, 0.29) is 29.0 Å². The van der Waals surface area contributed by atoms with Crippen LogP contribution >= 0.6 is 0 Å². The molecule has 9 heteroatoms. The van der Waals surface area contributed by atoms with Gasteiger partial charge in [-0.15, -0.1) is 0 Å². The first-order valence-electron chi connectivity index (χ1n) is 11.9. The number of amides is 1. The summed E-state index contributed by atoms with van der Waals surface area (Å²) in [5, 5.41) is 2.79. The highest BCUT2D eigenvalue weighted by Crippen LogP contribution is 2.38. The molecule has 0 atom stereocenters. The van der Waals surface area contributed by atoms with E-state index < -0.39 is 15.9 Å². The number of carbonyl (C=O) groups excluding carboxylic acids is 1. The average Bonchev–Trinajstić information content (AvgIpc) is 3.10. The minimum Gasteiger partial charge on any atom is -0.345 e. The molecular weight excluding hydrogens is 472 g/mol. The van der Waals surface area contributed by atoms with Gasteiger partial charge in [0.15, 0.2) is 0 Å². The predicted molar refractivity (Wildman–Crippen MR) is 136 cm³/mol. The lowest BCUT2D eigenvalue weighted by molar-refractivity contribution is 0.0175. The van der Waals surface area contributed by atoms with Crippen LogP contribution in [0.15, 0.2) is 30.3 Å². The minimum atomic E-state index is -3.25. The Bertz CT molecular complexity index is 1190. The van der Waals surface area contributed by atoms with Crippen LogP contribution in [0.2, 0.25) is 0 Å². The number of carbonyl (C=O) groups is 1. The van der Waals surface area contributed by atoms with Gasteiger partial charge in [-0.1, -0.05) is 32.9 Å². The van der Waals surface area contributed by atoms with Crippen molar-refractivity contribution in [2.45, 2.75) is 83.7 Å². The predicted octanol–water partition coefficient (Wildman–Crippen LogP) is 5.83. The number of hydrogen-bond donors (Lipinski definition) is 1. The summed E-state index contributed by atoms with van der Waals surface area (Å²) in [4.78, 5) is 13.2. The standard InChI is InChI=1S/C26H37F2N3O3S/c1-17-22(24(32)29-19-10-8-9-18(15-19)26(5,27)28)16-23(25(2,3)4)31(17)21-13-11-20(12-14-21)30(6)35(7,33)34/h8-10,15-16,20-21H,11-14H2,1-7H3,(H,29,32). The Morgan fingerprint density at radius 1 is 1.09 bits per heavy atom. The fourth-order valence-corrected chi connectivity index (χ4v) is 5.67. The Morgan fingerprint density at radius 3 is 2.20 bits per heavy atom. The molecule has 1 amide bonds. The third-order valence-electron chi connectivity index (χ3n) is 7.00. The van der Waals surface area contributed by atoms with Gasteiger partial charge < -0.3 is 9.88 Å². The largest absolute Gasteiger partial charge is 0.345 e. The first-order valence-corrected chi connectivity index (χ1v) is 13.8. The maximum atomic E-state index is 13.7. The van der Waals surface area contributed by atoms with E-state index in [4.69, 9.17) is 0 Å². The van der Waals surface area contributed by atoms with Crippen molar-refractivity contribution in [3.8, 4) is 0 Å². The van der Waals surface area contributed by atoms with E-state index in [9.17, 15) is 22.0 Å². The molecule has 35 heavy (non-hydrogen) atoms. The van der Waals surface area contributed by atoms with Gasteiger partial charge in [0.1, 0.15) is 0 Å². The number of rotatable bonds is 6. The van der Waals surface area contributed by atoms with Crippen LogP contribution in [-0.4, -0.2) is 42.5 Å². The molecule has 1 saturated carbocycles. The van der Waals surface area contributed by atoms with Gasteiger partial charge in [0.25, 0.3) is 11.8 Å². The first kappa shape index (κ1) is 27.3. The SMILES string of the molecule is Cc1c(C(=O)Nc2cccc(C(C)(F)F)c2)cc(C(C)(C)C)n1C1CCC(N(C)S(C)(=O)=O)CC1. The van der Waals surface area contributed by atoms with Crippen molar-refractivity contribution >= 4 is 21.6 Å². The molecule has 1 N–H and O–H groups in total. The van der Waals surface area contributed by atoms with Crippen molar-refractivity contribution in [1.82, 2.24) is 8.87 Å². The molecule has 0 spiro atoms. The van der Waals surface area contributed by atoms with Gasteiger partial charge in [0.2, 0.25) is 10.0 Å². The zero-order chi connectivity index (χ0) is 26.3. The second kappa shape index (κ2) is 9.65. The maximum Gasteiger partial charge on any atom is 0.270 e. The third kappa shape index (κ3) is 6.12. The van der Waals surface area contributed by atoms with Crippen molar-refractivity contribution in [1.29, 1.82) is 0 Å². The summed E-state index contributed by atoms with van der Waals surface area (Å²) in [6, 6.07) is 7.77. The lowest BCUT2D eigenvalue weighted by Gasteiger charge is -2.36. The zero-order valence-corrected chi connectivity index (χ0v) is 22.5. The van der Waals surface area contributed by atoms with Crippen molar-refractivity contribution in [2.24, 2.45) is 0 Å². The summed E-state index contributed by atoms with van der Waals surface area (Å²) in [6.45, 7) is 9.02. The van der Waals surface area contributed by atoms with Gasteiger partial charge in [0, 0.05) is 54.1 Å². The fourth-order valence-electron chi connectivity index (χ4n) is 4.92. The minimum absolute atomic E-state index is 0.0260. The summed E-state index contributed by atoms with van der Waals surface area (Å²) >= 11 is 0. The topological polar surface area (TPSA) is 71.4 Å². The van der Waals surface area contributed by atoms with Crippen LogP contribution in [0.1, 0.15) is 86.7 Å². The number of aromatic nitrogens is 1. The van der Waals surface area contributed by atoms with Crippen LogP contribution in [0, 0.1) is 6.92 Å². The quantitative estimate of drug-likeness (QED) is 0.532. The highest BCUT2D eigenvalue weighted by atomic mass is 32.2. The van der Waals surface area contributed by atoms with E-state index >= 15 is 0 Å². The lowest BCUT2D eigenvalue weighted by atomic mass is 9.88. The highest BCUT2D eigenvalue weighted by molar-refractivity contribution is 7.88. The zero-order valence-electron chi connectivity index (χ0n) is 21.7. The summed E-state index contributed by atoms with van der Waals surface area (Å²) in [7, 11) is -1.61. The van der Waals surface area contributed by atoms with Crippen molar-refractivity contribution in [3.05, 3.63) is 52.8 Å². The van der Waals surface area contributed by atoms with Gasteiger partial charge in [-0.3, -0.25) is 4.79 Å². The Balaban J connectivity index is 1.88. The van der Waals surface area contributed by atoms with Crippen molar-refractivity contribution in [3.63, 3.8) is 0 Å². The molecule has 1 aliphatic rings. The van der Waals surface area contributed by atoms with Crippen LogP contribution in [0.4, 0.5) is 14.5 Å². The normalized spacial score (nSPS) is 19.7. The van der Waals surface area contributed by atoms with Crippen LogP contribution in [0.25, 0.3) is 0 Å². The molecule has 0 radical (unpaired) electrons. The second-order valence-corrected chi connectivity index (χ2v) is 12.9. The number of alkyl halides is 2. The molecule has 1 aromatic heterocycles. The monoisotopic (exact) mass is 509 g/mol. The molecule has 194 valence electrons. The summed E-state index contributed by atoms with van der Waals surface area (Å²) in [5.74, 6) is -3.34. The molecule has 1 aliphatic carbocycles. The number of halogens is 2. The van der Waals surface area contributed by atoms with E-state index in [2.05, 4.69) is 30.7 Å². The Labute approximate surface area is 207 Å². The molecule has 0 unspecified atom stereocenters. The lowest BCUT2D eigenvalue weighted by Crippen LogP contribution is -2.39. The van der Waals surface area contributed by atoms with E-state index in [1.807, 2.05) is 13.0 Å². The second-order valence-electron chi connectivity index (χ2n) is 10.8. The molecule has 1 fully saturated rings.